The van der Waals surface area contributed by atoms with E-state index in [9.17, 15) is 4.79 Å². The summed E-state index contributed by atoms with van der Waals surface area (Å²) in [6.45, 7) is 9.33. The summed E-state index contributed by atoms with van der Waals surface area (Å²) in [5.41, 5.74) is 1.96. The highest BCUT2D eigenvalue weighted by Gasteiger charge is 2.15. The molecule has 2 rings (SSSR count). The lowest BCUT2D eigenvalue weighted by Gasteiger charge is -2.20. The van der Waals surface area contributed by atoms with Gasteiger partial charge in [0.2, 0.25) is 0 Å². The average molecular weight is 476 g/mol. The molecule has 0 fully saturated rings. The quantitative estimate of drug-likeness (QED) is 0.352. The van der Waals surface area contributed by atoms with Crippen LogP contribution < -0.4 is 14.8 Å². The fraction of sp³-hybridized carbons (Fsp3) is 0.480. The lowest BCUT2D eigenvalue weighted by molar-refractivity contribution is -0.118. The third-order valence-electron chi connectivity index (χ3n) is 4.79. The fourth-order valence-electron chi connectivity index (χ4n) is 2.98. The van der Waals surface area contributed by atoms with Gasteiger partial charge < -0.3 is 14.8 Å². The van der Waals surface area contributed by atoms with Crippen LogP contribution in [0.4, 0.5) is 5.69 Å². The Kier molecular flexibility index (Phi) is 9.70. The fourth-order valence-corrected chi connectivity index (χ4v) is 3.48. The van der Waals surface area contributed by atoms with Gasteiger partial charge in [-0.25, -0.2) is 0 Å². The van der Waals surface area contributed by atoms with E-state index in [0.29, 0.717) is 18.0 Å². The molecule has 2 aromatic rings. The van der Waals surface area contributed by atoms with Gasteiger partial charge in [-0.2, -0.15) is 0 Å². The minimum atomic E-state index is -0.210. The molecule has 0 aliphatic rings. The van der Waals surface area contributed by atoms with E-state index in [0.717, 1.165) is 16.6 Å². The number of rotatable bonds is 11. The lowest BCUT2D eigenvalue weighted by atomic mass is 9.87. The molecular formula is C25H34BrNO3. The molecule has 0 aliphatic carbocycles. The van der Waals surface area contributed by atoms with Crippen molar-refractivity contribution in [1.29, 1.82) is 0 Å². The van der Waals surface area contributed by atoms with Crippen molar-refractivity contribution in [2.45, 2.75) is 65.2 Å². The Bertz CT molecular complexity index is 814. The number of nitrogens with one attached hydrogen (secondary N) is 1. The zero-order chi connectivity index (χ0) is 22.0. The smallest absolute Gasteiger partial charge is 0.262 e. The second-order valence-corrected chi connectivity index (χ2v) is 9.38. The molecule has 0 saturated heterocycles. The summed E-state index contributed by atoms with van der Waals surface area (Å²) in [6, 6.07) is 13.4. The number of unbranched alkanes of at least 4 members (excludes halogenated alkanes) is 4. The molecule has 0 bridgehead atoms. The van der Waals surface area contributed by atoms with E-state index in [4.69, 9.17) is 9.47 Å². The van der Waals surface area contributed by atoms with Gasteiger partial charge in [0, 0.05) is 11.8 Å². The number of anilines is 1. The van der Waals surface area contributed by atoms with Gasteiger partial charge in [0.1, 0.15) is 11.5 Å². The predicted octanol–water partition coefficient (Wildman–Crippen LogP) is 7.11. The van der Waals surface area contributed by atoms with Crippen molar-refractivity contribution in [3.05, 3.63) is 52.5 Å². The van der Waals surface area contributed by atoms with Crippen LogP contribution in [-0.4, -0.2) is 19.1 Å². The van der Waals surface area contributed by atoms with Crippen LogP contribution in [0.15, 0.2) is 46.9 Å². The summed E-state index contributed by atoms with van der Waals surface area (Å²) in [4.78, 5) is 12.3. The molecule has 0 spiro atoms. The van der Waals surface area contributed by atoms with Gasteiger partial charge in [0.15, 0.2) is 6.61 Å². The Morgan fingerprint density at radius 3 is 2.47 bits per heavy atom. The third-order valence-corrected chi connectivity index (χ3v) is 5.41. The topological polar surface area (TPSA) is 47.6 Å². The lowest BCUT2D eigenvalue weighted by Crippen LogP contribution is -2.20. The average Bonchev–Trinajstić information content (AvgIpc) is 2.69. The van der Waals surface area contributed by atoms with Crippen molar-refractivity contribution in [3.63, 3.8) is 0 Å². The highest BCUT2D eigenvalue weighted by atomic mass is 79.9. The molecule has 164 valence electrons. The van der Waals surface area contributed by atoms with Crippen molar-refractivity contribution in [2.75, 3.05) is 18.5 Å². The largest absolute Gasteiger partial charge is 0.494 e. The first-order valence-electron chi connectivity index (χ1n) is 10.7. The van der Waals surface area contributed by atoms with Gasteiger partial charge in [0.25, 0.3) is 5.91 Å². The molecule has 5 heteroatoms. The number of amides is 1. The number of ether oxygens (including phenoxy) is 2. The first kappa shape index (κ1) is 24.3. The van der Waals surface area contributed by atoms with E-state index < -0.39 is 0 Å². The number of hydrogen-bond donors (Lipinski definition) is 1. The van der Waals surface area contributed by atoms with Crippen molar-refractivity contribution >= 4 is 27.5 Å². The van der Waals surface area contributed by atoms with Crippen molar-refractivity contribution in [2.24, 2.45) is 0 Å². The van der Waals surface area contributed by atoms with Gasteiger partial charge >= 0.3 is 0 Å². The first-order valence-corrected chi connectivity index (χ1v) is 11.5. The first-order chi connectivity index (χ1) is 14.3. The minimum Gasteiger partial charge on any atom is -0.494 e. The van der Waals surface area contributed by atoms with Crippen molar-refractivity contribution in [1.82, 2.24) is 0 Å². The van der Waals surface area contributed by atoms with Crippen LogP contribution >= 0.6 is 15.9 Å². The molecule has 0 aliphatic heterocycles. The van der Waals surface area contributed by atoms with Crippen LogP contribution in [0.1, 0.15) is 65.4 Å². The Morgan fingerprint density at radius 1 is 1.00 bits per heavy atom. The highest BCUT2D eigenvalue weighted by Crippen LogP contribution is 2.31. The molecular weight excluding hydrogens is 442 g/mol. The molecule has 2 aromatic carbocycles. The molecule has 0 saturated carbocycles. The molecule has 0 atom stereocenters. The van der Waals surface area contributed by atoms with Crippen LogP contribution in [0.2, 0.25) is 0 Å². The maximum Gasteiger partial charge on any atom is 0.262 e. The zero-order valence-corrected chi connectivity index (χ0v) is 20.2. The molecule has 0 unspecified atom stereocenters. The summed E-state index contributed by atoms with van der Waals surface area (Å²) < 4.78 is 12.3. The van der Waals surface area contributed by atoms with Crippen LogP contribution in [0.25, 0.3) is 0 Å². The number of hydrogen-bond acceptors (Lipinski definition) is 3. The SMILES string of the molecule is CCCCCCCOc1cccc(NC(=O)COc2ccc(C(C)(C)C)cc2Br)c1. The minimum absolute atomic E-state index is 0.0566. The summed E-state index contributed by atoms with van der Waals surface area (Å²) in [5.74, 6) is 1.21. The van der Waals surface area contributed by atoms with E-state index in [1.54, 1.807) is 0 Å². The Balaban J connectivity index is 1.81. The van der Waals surface area contributed by atoms with E-state index in [-0.39, 0.29) is 17.9 Å². The van der Waals surface area contributed by atoms with Gasteiger partial charge in [-0.1, -0.05) is 65.5 Å². The van der Waals surface area contributed by atoms with E-state index >= 15 is 0 Å². The number of benzene rings is 2. The predicted molar refractivity (Wildman–Crippen MR) is 128 cm³/mol. The highest BCUT2D eigenvalue weighted by molar-refractivity contribution is 9.10. The zero-order valence-electron chi connectivity index (χ0n) is 18.6. The third kappa shape index (κ3) is 8.39. The maximum atomic E-state index is 12.3. The monoisotopic (exact) mass is 475 g/mol. The van der Waals surface area contributed by atoms with Crippen LogP contribution in [0.5, 0.6) is 11.5 Å². The van der Waals surface area contributed by atoms with Crippen LogP contribution in [-0.2, 0) is 10.2 Å². The summed E-state index contributed by atoms with van der Waals surface area (Å²) in [6.07, 6.45) is 6.01. The molecule has 0 aromatic heterocycles. The summed E-state index contributed by atoms with van der Waals surface area (Å²) in [5, 5.41) is 2.87. The molecule has 1 N–H and O–H groups in total. The molecule has 30 heavy (non-hydrogen) atoms. The summed E-state index contributed by atoms with van der Waals surface area (Å²) in [7, 11) is 0. The van der Waals surface area contributed by atoms with Gasteiger partial charge in [-0.3, -0.25) is 4.79 Å². The summed E-state index contributed by atoms with van der Waals surface area (Å²) >= 11 is 3.54. The van der Waals surface area contributed by atoms with Crippen LogP contribution in [0, 0.1) is 0 Å². The Hall–Kier alpha value is -2.01. The van der Waals surface area contributed by atoms with Crippen LogP contribution in [0.3, 0.4) is 0 Å². The van der Waals surface area contributed by atoms with Gasteiger partial charge in [-0.05, 0) is 57.6 Å². The molecule has 0 heterocycles. The molecule has 0 radical (unpaired) electrons. The number of halogens is 1. The van der Waals surface area contributed by atoms with Crippen molar-refractivity contribution in [3.8, 4) is 11.5 Å². The molecule has 4 nitrogen and oxygen atoms in total. The number of carbonyl (C=O) groups is 1. The van der Waals surface area contributed by atoms with E-state index in [1.807, 2.05) is 42.5 Å². The van der Waals surface area contributed by atoms with Gasteiger partial charge in [-0.15, -0.1) is 0 Å². The second kappa shape index (κ2) is 12.0. The standard InChI is InChI=1S/C25H34BrNO3/c1-5-6-7-8-9-15-29-21-12-10-11-20(17-21)27-24(28)18-30-23-14-13-19(16-22(23)26)25(2,3)4/h10-14,16-17H,5-9,15,18H2,1-4H3,(H,27,28). The van der Waals surface area contributed by atoms with Gasteiger partial charge in [0.05, 0.1) is 11.1 Å². The number of carbonyl (C=O) groups excluding carboxylic acids is 1. The second-order valence-electron chi connectivity index (χ2n) is 8.52. The maximum absolute atomic E-state index is 12.3. The molecule has 1 amide bonds. The Labute approximate surface area is 189 Å². The van der Waals surface area contributed by atoms with Crippen molar-refractivity contribution < 1.29 is 14.3 Å². The Morgan fingerprint density at radius 2 is 1.77 bits per heavy atom. The van der Waals surface area contributed by atoms with E-state index in [2.05, 4.69) is 48.9 Å². The normalized spacial score (nSPS) is 11.2. The van der Waals surface area contributed by atoms with E-state index in [1.165, 1.54) is 31.2 Å².